The maximum absolute atomic E-state index is 12.8. The molecule has 390 valence electrons. The average Bonchev–Trinajstić information content (AvgIpc) is 3.35. The standard InChI is InChI=1S/C63H102O6/c1-4-7-10-13-16-19-22-25-28-30-31-33-35-38-41-44-47-50-53-56-62(65)68-59-60(58-67-61(64)55-52-49-46-43-40-37-34-27-24-21-18-15-12-9-6-3)69-63(66)57-54-51-48-45-42-39-36-32-29-26-23-20-17-14-11-8-5-2/h9,12,16-21,25-29,31,33-34,38,41,47,50,60H,4-8,10-11,13-15,22-24,30,32,35-37,39-40,42-46,48-49,51-59H2,1-3H3/b12-9-,19-16-,20-17-,21-18-,28-25-,29-26-,33-31-,34-27-,41-38-,50-47-/t60-/m1/s1. The van der Waals surface area contributed by atoms with E-state index in [1.165, 1.54) is 77.0 Å². The van der Waals surface area contributed by atoms with Gasteiger partial charge in [-0.05, 0) is 122 Å². The van der Waals surface area contributed by atoms with Crippen molar-refractivity contribution >= 4 is 17.9 Å². The highest BCUT2D eigenvalue weighted by atomic mass is 16.6. The molecule has 0 rings (SSSR count). The zero-order valence-electron chi connectivity index (χ0n) is 44.5. The molecule has 0 N–H and O–H groups in total. The van der Waals surface area contributed by atoms with Crippen molar-refractivity contribution in [1.29, 1.82) is 0 Å². The summed E-state index contributed by atoms with van der Waals surface area (Å²) >= 11 is 0. The first-order valence-electron chi connectivity index (χ1n) is 28.0. The van der Waals surface area contributed by atoms with Crippen molar-refractivity contribution in [2.75, 3.05) is 13.2 Å². The first-order valence-corrected chi connectivity index (χ1v) is 28.0. The molecule has 6 heteroatoms. The Hall–Kier alpha value is -4.19. The monoisotopic (exact) mass is 955 g/mol. The lowest BCUT2D eigenvalue weighted by Crippen LogP contribution is -2.30. The molecule has 0 saturated heterocycles. The second kappa shape index (κ2) is 56.4. The summed E-state index contributed by atoms with van der Waals surface area (Å²) in [5, 5.41) is 0. The molecule has 69 heavy (non-hydrogen) atoms. The van der Waals surface area contributed by atoms with Crippen LogP contribution in [-0.4, -0.2) is 37.2 Å². The maximum Gasteiger partial charge on any atom is 0.306 e. The van der Waals surface area contributed by atoms with E-state index in [2.05, 4.69) is 136 Å². The van der Waals surface area contributed by atoms with Gasteiger partial charge in [0.2, 0.25) is 0 Å². The van der Waals surface area contributed by atoms with Crippen LogP contribution in [0, 0.1) is 0 Å². The molecule has 0 spiro atoms. The van der Waals surface area contributed by atoms with Crippen LogP contribution in [0.15, 0.2) is 122 Å². The summed E-state index contributed by atoms with van der Waals surface area (Å²) in [7, 11) is 0. The van der Waals surface area contributed by atoms with E-state index < -0.39 is 6.10 Å². The zero-order valence-corrected chi connectivity index (χ0v) is 44.5. The maximum atomic E-state index is 12.8. The Bertz CT molecular complexity index is 1470. The Morgan fingerprint density at radius 3 is 0.971 bits per heavy atom. The predicted molar refractivity (Wildman–Crippen MR) is 297 cm³/mol. The van der Waals surface area contributed by atoms with Crippen LogP contribution in [0.25, 0.3) is 0 Å². The second-order valence-corrected chi connectivity index (χ2v) is 18.1. The number of hydrogen-bond acceptors (Lipinski definition) is 6. The van der Waals surface area contributed by atoms with E-state index in [1.807, 2.05) is 6.08 Å². The third-order valence-electron chi connectivity index (χ3n) is 11.4. The third-order valence-corrected chi connectivity index (χ3v) is 11.4. The van der Waals surface area contributed by atoms with Gasteiger partial charge in [-0.2, -0.15) is 0 Å². The Kier molecular flexibility index (Phi) is 53.0. The number of unbranched alkanes of at least 4 members (excludes halogenated alkanes) is 18. The van der Waals surface area contributed by atoms with Gasteiger partial charge in [-0.25, -0.2) is 0 Å². The quantitative estimate of drug-likeness (QED) is 0.0262. The smallest absolute Gasteiger partial charge is 0.306 e. The molecule has 0 heterocycles. The first-order chi connectivity index (χ1) is 34.0. The Labute approximate surface area is 424 Å². The minimum Gasteiger partial charge on any atom is -0.462 e. The van der Waals surface area contributed by atoms with Gasteiger partial charge >= 0.3 is 17.9 Å². The second-order valence-electron chi connectivity index (χ2n) is 18.1. The van der Waals surface area contributed by atoms with Crippen molar-refractivity contribution in [2.24, 2.45) is 0 Å². The normalized spacial score (nSPS) is 13.0. The zero-order chi connectivity index (χ0) is 50.0. The molecular weight excluding hydrogens is 853 g/mol. The molecule has 0 bridgehead atoms. The van der Waals surface area contributed by atoms with Gasteiger partial charge in [-0.3, -0.25) is 14.4 Å². The summed E-state index contributed by atoms with van der Waals surface area (Å²) in [6.07, 6.45) is 77.6. The van der Waals surface area contributed by atoms with Gasteiger partial charge in [-0.15, -0.1) is 0 Å². The fourth-order valence-corrected chi connectivity index (χ4v) is 7.23. The van der Waals surface area contributed by atoms with Crippen LogP contribution in [0.5, 0.6) is 0 Å². The largest absolute Gasteiger partial charge is 0.462 e. The highest BCUT2D eigenvalue weighted by Gasteiger charge is 2.19. The van der Waals surface area contributed by atoms with Gasteiger partial charge < -0.3 is 14.2 Å². The lowest BCUT2D eigenvalue weighted by atomic mass is 10.1. The minimum atomic E-state index is -0.823. The molecule has 6 nitrogen and oxygen atoms in total. The number of ether oxygens (including phenoxy) is 3. The molecule has 0 aromatic heterocycles. The predicted octanol–water partition coefficient (Wildman–Crippen LogP) is 18.9. The fraction of sp³-hybridized carbons (Fsp3) is 0.635. The van der Waals surface area contributed by atoms with E-state index in [0.29, 0.717) is 19.3 Å². The summed E-state index contributed by atoms with van der Waals surface area (Å²) in [6.45, 7) is 6.38. The fourth-order valence-electron chi connectivity index (χ4n) is 7.23. The average molecular weight is 956 g/mol. The van der Waals surface area contributed by atoms with E-state index in [4.69, 9.17) is 14.2 Å². The molecule has 0 aromatic rings. The van der Waals surface area contributed by atoms with E-state index >= 15 is 0 Å². The molecule has 0 aromatic carbocycles. The van der Waals surface area contributed by atoms with Gasteiger partial charge in [0, 0.05) is 19.3 Å². The van der Waals surface area contributed by atoms with Crippen molar-refractivity contribution in [3.8, 4) is 0 Å². The van der Waals surface area contributed by atoms with Gasteiger partial charge in [0.15, 0.2) is 6.10 Å². The number of allylic oxidation sites excluding steroid dienone is 20. The van der Waals surface area contributed by atoms with Crippen molar-refractivity contribution < 1.29 is 28.6 Å². The summed E-state index contributed by atoms with van der Waals surface area (Å²) in [5.41, 5.74) is 0. The topological polar surface area (TPSA) is 78.9 Å². The van der Waals surface area contributed by atoms with Gasteiger partial charge in [0.1, 0.15) is 13.2 Å². The van der Waals surface area contributed by atoms with Crippen LogP contribution in [-0.2, 0) is 28.6 Å². The van der Waals surface area contributed by atoms with E-state index in [-0.39, 0.29) is 37.5 Å². The summed E-state index contributed by atoms with van der Waals surface area (Å²) in [5.74, 6) is -1.03. The Balaban J connectivity index is 4.55. The number of hydrogen-bond donors (Lipinski definition) is 0. The Morgan fingerprint density at radius 2 is 0.594 bits per heavy atom. The van der Waals surface area contributed by atoms with Crippen molar-refractivity contribution in [2.45, 2.75) is 245 Å². The molecule has 0 unspecified atom stereocenters. The highest BCUT2D eigenvalue weighted by molar-refractivity contribution is 5.71. The van der Waals surface area contributed by atoms with Crippen LogP contribution in [0.2, 0.25) is 0 Å². The van der Waals surface area contributed by atoms with E-state index in [0.717, 1.165) is 116 Å². The Morgan fingerprint density at radius 1 is 0.304 bits per heavy atom. The number of carbonyl (C=O) groups is 3. The van der Waals surface area contributed by atoms with Crippen LogP contribution in [0.1, 0.15) is 239 Å². The van der Waals surface area contributed by atoms with Crippen molar-refractivity contribution in [3.63, 3.8) is 0 Å². The summed E-state index contributed by atoms with van der Waals surface area (Å²) in [6, 6.07) is 0. The van der Waals surface area contributed by atoms with Gasteiger partial charge in [0.05, 0.1) is 0 Å². The molecule has 0 aliphatic rings. The molecule has 0 radical (unpaired) electrons. The first kappa shape index (κ1) is 64.8. The minimum absolute atomic E-state index is 0.116. The van der Waals surface area contributed by atoms with Crippen LogP contribution < -0.4 is 0 Å². The van der Waals surface area contributed by atoms with Crippen molar-refractivity contribution in [3.05, 3.63) is 122 Å². The molecule has 1 atom stereocenters. The van der Waals surface area contributed by atoms with Crippen LogP contribution in [0.3, 0.4) is 0 Å². The third kappa shape index (κ3) is 54.6. The van der Waals surface area contributed by atoms with Crippen LogP contribution in [0.4, 0.5) is 0 Å². The molecule has 0 aliphatic carbocycles. The van der Waals surface area contributed by atoms with E-state index in [9.17, 15) is 14.4 Å². The summed E-state index contributed by atoms with van der Waals surface area (Å²) < 4.78 is 16.8. The van der Waals surface area contributed by atoms with Gasteiger partial charge in [-0.1, -0.05) is 219 Å². The molecule has 0 fully saturated rings. The van der Waals surface area contributed by atoms with Crippen molar-refractivity contribution in [1.82, 2.24) is 0 Å². The number of rotatable bonds is 49. The van der Waals surface area contributed by atoms with E-state index in [1.54, 1.807) is 0 Å². The molecule has 0 aliphatic heterocycles. The molecule has 0 saturated carbocycles. The van der Waals surface area contributed by atoms with Gasteiger partial charge in [0.25, 0.3) is 0 Å². The number of carbonyl (C=O) groups excluding carboxylic acids is 3. The van der Waals surface area contributed by atoms with Crippen LogP contribution >= 0.6 is 0 Å². The molecular formula is C63H102O6. The number of esters is 3. The lowest BCUT2D eigenvalue weighted by molar-refractivity contribution is -0.166. The molecule has 0 amide bonds. The summed E-state index contributed by atoms with van der Waals surface area (Å²) in [4.78, 5) is 38.1. The highest BCUT2D eigenvalue weighted by Crippen LogP contribution is 2.13. The lowest BCUT2D eigenvalue weighted by Gasteiger charge is -2.18. The SMILES string of the molecule is CC/C=C\C/C=C\C/C=C\CCCCCCCC(=O)OC[C@H](COC(=O)CC/C=C\C/C=C\C/C=C\C/C=C\C/C=C\CCCCC)OC(=O)CCCCCCCCC/C=C\C/C=C\CCCCC.